The van der Waals surface area contributed by atoms with Crippen LogP contribution in [0.5, 0.6) is 0 Å². The largest absolute Gasteiger partial charge is 0.382 e. The van der Waals surface area contributed by atoms with Crippen LogP contribution in [0.2, 0.25) is 0 Å². The van der Waals surface area contributed by atoms with E-state index in [-0.39, 0.29) is 0 Å². The van der Waals surface area contributed by atoms with Gasteiger partial charge in [0, 0.05) is 6.54 Å². The summed E-state index contributed by atoms with van der Waals surface area (Å²) in [4.78, 5) is 0. The monoisotopic (exact) mass is 245 g/mol. The molecule has 2 rings (SSSR count). The van der Waals surface area contributed by atoms with Gasteiger partial charge in [-0.25, -0.2) is 4.68 Å². The number of aliphatic hydroxyl groups excluding tert-OH is 1. The predicted octanol–water partition coefficient (Wildman–Crippen LogP) is 2.39. The minimum Gasteiger partial charge on any atom is -0.382 e. The van der Waals surface area contributed by atoms with Gasteiger partial charge in [-0.3, -0.25) is 0 Å². The number of aliphatic hydroxyl groups is 1. The highest BCUT2D eigenvalue weighted by atomic mass is 16.3. The molecule has 1 unspecified atom stereocenters. The minimum absolute atomic E-state index is 0.661. The first-order valence-corrected chi connectivity index (χ1v) is 6.27. The Hall–Kier alpha value is -1.68. The van der Waals surface area contributed by atoms with Gasteiger partial charge in [0.15, 0.2) is 0 Å². The Bertz CT molecular complexity index is 534. The molecule has 1 atom stereocenters. The van der Waals surface area contributed by atoms with E-state index >= 15 is 0 Å². The van der Waals surface area contributed by atoms with Crippen molar-refractivity contribution in [3.63, 3.8) is 0 Å². The van der Waals surface area contributed by atoms with Crippen LogP contribution in [0, 0.1) is 13.8 Å². The van der Waals surface area contributed by atoms with Crippen molar-refractivity contribution in [1.29, 1.82) is 0 Å². The lowest BCUT2D eigenvalue weighted by atomic mass is 9.97. The summed E-state index contributed by atoms with van der Waals surface area (Å²) >= 11 is 0. The second kappa shape index (κ2) is 5.31. The van der Waals surface area contributed by atoms with E-state index in [0.717, 1.165) is 29.8 Å². The molecule has 0 amide bonds. The van der Waals surface area contributed by atoms with E-state index in [1.54, 1.807) is 10.9 Å². The van der Waals surface area contributed by atoms with E-state index in [9.17, 15) is 5.11 Å². The van der Waals surface area contributed by atoms with E-state index in [1.165, 1.54) is 5.56 Å². The molecule has 0 radical (unpaired) electrons. The maximum Gasteiger partial charge on any atom is 0.123 e. The number of hydrogen-bond acceptors (Lipinski definition) is 3. The molecule has 2 aromatic rings. The lowest BCUT2D eigenvalue weighted by Gasteiger charge is -2.16. The van der Waals surface area contributed by atoms with E-state index < -0.39 is 6.10 Å². The maximum absolute atomic E-state index is 10.5. The zero-order chi connectivity index (χ0) is 13.1. The number of aryl methyl sites for hydroxylation is 2. The Morgan fingerprint density at radius 1 is 1.33 bits per heavy atom. The molecule has 0 saturated heterocycles. The van der Waals surface area contributed by atoms with Crippen molar-refractivity contribution in [3.8, 4) is 0 Å². The van der Waals surface area contributed by atoms with Crippen molar-refractivity contribution in [2.75, 3.05) is 0 Å². The molecular weight excluding hydrogens is 226 g/mol. The van der Waals surface area contributed by atoms with Crippen LogP contribution >= 0.6 is 0 Å². The van der Waals surface area contributed by atoms with Crippen molar-refractivity contribution in [2.24, 2.45) is 0 Å². The van der Waals surface area contributed by atoms with Gasteiger partial charge in [0.05, 0.1) is 11.9 Å². The molecule has 96 valence electrons. The molecule has 1 aromatic carbocycles. The molecule has 4 nitrogen and oxygen atoms in total. The van der Waals surface area contributed by atoms with Gasteiger partial charge in [0.1, 0.15) is 6.10 Å². The summed E-state index contributed by atoms with van der Waals surface area (Å²) in [5, 5.41) is 18.4. The molecule has 1 N–H and O–H groups in total. The average Bonchev–Trinajstić information content (AvgIpc) is 2.80. The predicted molar refractivity (Wildman–Crippen MR) is 70.3 cm³/mol. The molecular formula is C14H19N3O. The number of nitrogens with zero attached hydrogens (tertiary/aromatic N) is 3. The molecule has 0 aliphatic heterocycles. The molecule has 0 aliphatic carbocycles. The summed E-state index contributed by atoms with van der Waals surface area (Å²) in [7, 11) is 0. The Balaban J connectivity index is 2.38. The first kappa shape index (κ1) is 12.8. The van der Waals surface area contributed by atoms with Crippen LogP contribution in [0.15, 0.2) is 24.4 Å². The van der Waals surface area contributed by atoms with Crippen LogP contribution in [0.4, 0.5) is 0 Å². The fraction of sp³-hybridized carbons (Fsp3) is 0.429. The summed E-state index contributed by atoms with van der Waals surface area (Å²) in [6.45, 7) is 6.93. The van der Waals surface area contributed by atoms with Crippen molar-refractivity contribution in [3.05, 3.63) is 46.8 Å². The molecule has 1 aromatic heterocycles. The molecule has 4 heteroatoms. The fourth-order valence-electron chi connectivity index (χ4n) is 2.09. The smallest absolute Gasteiger partial charge is 0.123 e. The average molecular weight is 245 g/mol. The topological polar surface area (TPSA) is 50.9 Å². The zero-order valence-corrected chi connectivity index (χ0v) is 11.1. The SMILES string of the molecule is CCCn1nncc1C(O)c1cccc(C)c1C. The first-order valence-electron chi connectivity index (χ1n) is 6.27. The lowest BCUT2D eigenvalue weighted by Crippen LogP contribution is -2.11. The molecule has 0 aliphatic rings. The summed E-state index contributed by atoms with van der Waals surface area (Å²) in [6, 6.07) is 5.97. The van der Waals surface area contributed by atoms with Crippen LogP contribution in [0.1, 0.15) is 41.8 Å². The Morgan fingerprint density at radius 3 is 2.83 bits per heavy atom. The quantitative estimate of drug-likeness (QED) is 0.899. The van der Waals surface area contributed by atoms with Gasteiger partial charge in [-0.15, -0.1) is 5.10 Å². The second-order valence-electron chi connectivity index (χ2n) is 4.57. The molecule has 1 heterocycles. The summed E-state index contributed by atoms with van der Waals surface area (Å²) in [5.41, 5.74) is 3.98. The van der Waals surface area contributed by atoms with Crippen molar-refractivity contribution < 1.29 is 5.11 Å². The van der Waals surface area contributed by atoms with E-state index in [1.807, 2.05) is 32.0 Å². The van der Waals surface area contributed by atoms with Gasteiger partial charge in [-0.05, 0) is 37.0 Å². The fourth-order valence-corrected chi connectivity index (χ4v) is 2.09. The second-order valence-corrected chi connectivity index (χ2v) is 4.57. The standard InChI is InChI=1S/C14H19N3O/c1-4-8-17-13(9-15-16-17)14(18)12-7-5-6-10(2)11(12)3/h5-7,9,14,18H,4,8H2,1-3H3. The molecule has 0 spiro atoms. The Morgan fingerprint density at radius 2 is 2.11 bits per heavy atom. The number of aromatic nitrogens is 3. The van der Waals surface area contributed by atoms with Crippen molar-refractivity contribution in [1.82, 2.24) is 15.0 Å². The molecule has 0 saturated carbocycles. The minimum atomic E-state index is -0.661. The van der Waals surface area contributed by atoms with Crippen LogP contribution < -0.4 is 0 Å². The molecule has 0 bridgehead atoms. The van der Waals surface area contributed by atoms with Crippen LogP contribution in [-0.4, -0.2) is 20.1 Å². The normalized spacial score (nSPS) is 12.7. The maximum atomic E-state index is 10.5. The van der Waals surface area contributed by atoms with Crippen LogP contribution in [0.25, 0.3) is 0 Å². The van der Waals surface area contributed by atoms with Gasteiger partial charge < -0.3 is 5.11 Å². The van der Waals surface area contributed by atoms with Gasteiger partial charge in [-0.2, -0.15) is 0 Å². The summed E-state index contributed by atoms with van der Waals surface area (Å²) < 4.78 is 1.77. The van der Waals surface area contributed by atoms with Gasteiger partial charge in [0.2, 0.25) is 0 Å². The third kappa shape index (κ3) is 2.29. The third-order valence-electron chi connectivity index (χ3n) is 3.30. The first-order chi connectivity index (χ1) is 8.65. The Kier molecular flexibility index (Phi) is 3.77. The molecule has 0 fully saturated rings. The summed E-state index contributed by atoms with van der Waals surface area (Å²) in [5.74, 6) is 0. The van der Waals surface area contributed by atoms with Gasteiger partial charge >= 0.3 is 0 Å². The van der Waals surface area contributed by atoms with Gasteiger partial charge in [-0.1, -0.05) is 30.3 Å². The zero-order valence-electron chi connectivity index (χ0n) is 11.1. The number of rotatable bonds is 4. The van der Waals surface area contributed by atoms with Gasteiger partial charge in [0.25, 0.3) is 0 Å². The third-order valence-corrected chi connectivity index (χ3v) is 3.30. The molecule has 18 heavy (non-hydrogen) atoms. The van der Waals surface area contributed by atoms with Crippen molar-refractivity contribution >= 4 is 0 Å². The number of benzene rings is 1. The van der Waals surface area contributed by atoms with Crippen LogP contribution in [-0.2, 0) is 6.54 Å². The van der Waals surface area contributed by atoms with E-state index in [4.69, 9.17) is 0 Å². The summed E-state index contributed by atoms with van der Waals surface area (Å²) in [6.07, 6.45) is 1.95. The van der Waals surface area contributed by atoms with Crippen LogP contribution in [0.3, 0.4) is 0 Å². The van der Waals surface area contributed by atoms with Crippen molar-refractivity contribution in [2.45, 2.75) is 39.8 Å². The number of hydrogen-bond donors (Lipinski definition) is 1. The highest BCUT2D eigenvalue weighted by Crippen LogP contribution is 2.25. The van der Waals surface area contributed by atoms with E-state index in [0.29, 0.717) is 0 Å². The highest BCUT2D eigenvalue weighted by molar-refractivity contribution is 5.37. The Labute approximate surface area is 107 Å². The van der Waals surface area contributed by atoms with E-state index in [2.05, 4.69) is 17.2 Å². The highest BCUT2D eigenvalue weighted by Gasteiger charge is 2.18. The lowest BCUT2D eigenvalue weighted by molar-refractivity contribution is 0.206.